The molecule has 0 amide bonds. The van der Waals surface area contributed by atoms with Gasteiger partial charge in [-0.2, -0.15) is 0 Å². The third-order valence-corrected chi connectivity index (χ3v) is 16.6. The average Bonchev–Trinajstić information content (AvgIpc) is 3.96. The van der Waals surface area contributed by atoms with Crippen molar-refractivity contribution in [2.24, 2.45) is 0 Å². The molecule has 13 aromatic rings. The highest BCUT2D eigenvalue weighted by Crippen LogP contribution is 2.53. The molecule has 0 atom stereocenters. The van der Waals surface area contributed by atoms with E-state index >= 15 is 0 Å². The summed E-state index contributed by atoms with van der Waals surface area (Å²) >= 11 is 3.85. The van der Waals surface area contributed by atoms with E-state index < -0.39 is 0 Å². The molecule has 0 N–H and O–H groups in total. The summed E-state index contributed by atoms with van der Waals surface area (Å²) in [6, 6.07) is 73.4. The van der Waals surface area contributed by atoms with Gasteiger partial charge in [0.2, 0.25) is 0 Å². The molecule has 1 aliphatic carbocycles. The van der Waals surface area contributed by atoms with Gasteiger partial charge in [-0.25, -0.2) is 0 Å². The normalized spacial score (nSPS) is 13.4. The van der Waals surface area contributed by atoms with E-state index in [4.69, 9.17) is 0 Å². The molecule has 0 nitrogen and oxygen atoms in total. The van der Waals surface area contributed by atoms with Crippen LogP contribution in [-0.2, 0) is 5.41 Å². The fourth-order valence-electron chi connectivity index (χ4n) is 11.3. The molecule has 63 heavy (non-hydrogen) atoms. The zero-order chi connectivity index (χ0) is 41.6. The molecule has 0 radical (unpaired) electrons. The summed E-state index contributed by atoms with van der Waals surface area (Å²) in [4.78, 5) is 0. The first-order valence-electron chi connectivity index (χ1n) is 21.9. The molecule has 2 aromatic heterocycles. The minimum absolute atomic E-state index is 0.157. The van der Waals surface area contributed by atoms with Crippen LogP contribution in [0, 0.1) is 0 Å². The summed E-state index contributed by atoms with van der Waals surface area (Å²) in [5, 5.41) is 15.8. The first-order valence-corrected chi connectivity index (χ1v) is 23.5. The molecule has 1 aliphatic rings. The molecule has 2 heterocycles. The van der Waals surface area contributed by atoms with E-state index in [9.17, 15) is 0 Å². The first kappa shape index (κ1) is 35.5. The Labute approximate surface area is 372 Å². The van der Waals surface area contributed by atoms with Gasteiger partial charge >= 0.3 is 0 Å². The highest BCUT2D eigenvalue weighted by atomic mass is 32.1. The lowest BCUT2D eigenvalue weighted by Crippen LogP contribution is -2.15. The van der Waals surface area contributed by atoms with Crippen molar-refractivity contribution < 1.29 is 0 Å². The molecule has 2 heteroatoms. The van der Waals surface area contributed by atoms with Crippen molar-refractivity contribution in [3.05, 3.63) is 205 Å². The SMILES string of the molecule is CC1(C)c2ccc(-c3cccc4c3sc3cc5sc6ccc7ccccc7c6c5cc34)cc2-c2ccc(-c3c4ccccc4c(-c4cccc5ccccc45)c4ccccc34)cc21. The van der Waals surface area contributed by atoms with Gasteiger partial charge in [0.25, 0.3) is 0 Å². The Morgan fingerprint density at radius 1 is 0.317 bits per heavy atom. The first-order chi connectivity index (χ1) is 31.0. The smallest absolute Gasteiger partial charge is 0.0433 e. The molecule has 0 fully saturated rings. The van der Waals surface area contributed by atoms with Crippen LogP contribution in [0.15, 0.2) is 194 Å². The molecular weight excluding hydrogens is 797 g/mol. The van der Waals surface area contributed by atoms with E-state index in [-0.39, 0.29) is 5.41 Å². The third-order valence-electron chi connectivity index (χ3n) is 14.2. The van der Waals surface area contributed by atoms with E-state index in [1.165, 1.54) is 139 Å². The van der Waals surface area contributed by atoms with Crippen LogP contribution in [0.25, 0.3) is 128 Å². The quantitative estimate of drug-likeness (QED) is 0.156. The lowest BCUT2D eigenvalue weighted by atomic mass is 9.80. The fourth-order valence-corrected chi connectivity index (χ4v) is 13.8. The lowest BCUT2D eigenvalue weighted by molar-refractivity contribution is 0.660. The number of hydrogen-bond donors (Lipinski definition) is 0. The molecular formula is C61H38S2. The second-order valence-electron chi connectivity index (χ2n) is 17.9. The van der Waals surface area contributed by atoms with E-state index in [0.717, 1.165) is 0 Å². The van der Waals surface area contributed by atoms with Crippen LogP contribution in [0.4, 0.5) is 0 Å². The predicted octanol–water partition coefficient (Wildman–Crippen LogP) is 18.3. The second-order valence-corrected chi connectivity index (χ2v) is 20.0. The Morgan fingerprint density at radius 2 is 0.921 bits per heavy atom. The summed E-state index contributed by atoms with van der Waals surface area (Å²) < 4.78 is 5.43. The Hall–Kier alpha value is -7.10. The van der Waals surface area contributed by atoms with Gasteiger partial charge < -0.3 is 0 Å². The van der Waals surface area contributed by atoms with Crippen molar-refractivity contribution >= 4 is 106 Å². The van der Waals surface area contributed by atoms with Crippen LogP contribution >= 0.6 is 22.7 Å². The van der Waals surface area contributed by atoms with Gasteiger partial charge in [-0.3, -0.25) is 0 Å². The Balaban J connectivity index is 0.923. The van der Waals surface area contributed by atoms with Gasteiger partial charge in [0.15, 0.2) is 0 Å². The van der Waals surface area contributed by atoms with Gasteiger partial charge in [0, 0.05) is 45.8 Å². The van der Waals surface area contributed by atoms with Crippen LogP contribution in [-0.4, -0.2) is 0 Å². The van der Waals surface area contributed by atoms with Gasteiger partial charge in [-0.15, -0.1) is 22.7 Å². The molecule has 11 aromatic carbocycles. The summed E-state index contributed by atoms with van der Waals surface area (Å²) in [6.45, 7) is 4.82. The number of benzene rings is 11. The summed E-state index contributed by atoms with van der Waals surface area (Å²) in [7, 11) is 0. The second kappa shape index (κ2) is 13.0. The van der Waals surface area contributed by atoms with E-state index in [1.807, 2.05) is 22.7 Å². The zero-order valence-corrected chi connectivity index (χ0v) is 36.4. The monoisotopic (exact) mass is 834 g/mol. The molecule has 294 valence electrons. The Kier molecular flexibility index (Phi) is 7.31. The minimum atomic E-state index is -0.157. The van der Waals surface area contributed by atoms with Crippen molar-refractivity contribution in [1.29, 1.82) is 0 Å². The van der Waals surface area contributed by atoms with Crippen molar-refractivity contribution in [3.63, 3.8) is 0 Å². The number of rotatable bonds is 3. The summed E-state index contributed by atoms with van der Waals surface area (Å²) in [6.07, 6.45) is 0. The summed E-state index contributed by atoms with van der Waals surface area (Å²) in [5.41, 5.74) is 13.0. The van der Waals surface area contributed by atoms with Gasteiger partial charge in [-0.05, 0) is 129 Å². The fraction of sp³-hybridized carbons (Fsp3) is 0.0492. The topological polar surface area (TPSA) is 0 Å². The van der Waals surface area contributed by atoms with Crippen LogP contribution in [0.1, 0.15) is 25.0 Å². The molecule has 0 spiro atoms. The molecule has 14 rings (SSSR count). The number of hydrogen-bond acceptors (Lipinski definition) is 2. The molecule has 0 saturated carbocycles. The molecule has 0 aliphatic heterocycles. The Morgan fingerprint density at radius 3 is 1.70 bits per heavy atom. The standard InChI is InChI=1S/C61H38S2/c1-61(2)52-29-26-37(41-22-12-24-48-50-33-51-56(34-55(50)63-60(41)48)62-54-30-27-36-14-4-6-17-40(36)59(51)54)31-49(52)42-28-25-38(32-53(42)61)57-44-18-7-9-20-46(44)58(47-21-10-8-19-45(47)57)43-23-11-15-35-13-3-5-16-39(35)43/h3-34H,1-2H3. The van der Waals surface area contributed by atoms with Crippen molar-refractivity contribution in [2.75, 3.05) is 0 Å². The van der Waals surface area contributed by atoms with Gasteiger partial charge in [0.05, 0.1) is 0 Å². The molecule has 0 bridgehead atoms. The van der Waals surface area contributed by atoms with Crippen LogP contribution < -0.4 is 0 Å². The maximum Gasteiger partial charge on any atom is 0.0433 e. The van der Waals surface area contributed by atoms with Crippen molar-refractivity contribution in [3.8, 4) is 44.5 Å². The van der Waals surface area contributed by atoms with Gasteiger partial charge in [0.1, 0.15) is 0 Å². The lowest BCUT2D eigenvalue weighted by Gasteiger charge is -2.23. The third kappa shape index (κ3) is 4.97. The van der Waals surface area contributed by atoms with Crippen molar-refractivity contribution in [1.82, 2.24) is 0 Å². The average molecular weight is 835 g/mol. The van der Waals surface area contributed by atoms with E-state index in [2.05, 4.69) is 208 Å². The van der Waals surface area contributed by atoms with Gasteiger partial charge in [-0.1, -0.05) is 178 Å². The van der Waals surface area contributed by atoms with E-state index in [0.29, 0.717) is 0 Å². The van der Waals surface area contributed by atoms with E-state index in [1.54, 1.807) is 0 Å². The number of thiophene rings is 2. The molecule has 0 saturated heterocycles. The van der Waals surface area contributed by atoms with Crippen LogP contribution in [0.5, 0.6) is 0 Å². The largest absolute Gasteiger partial charge is 0.135 e. The summed E-state index contributed by atoms with van der Waals surface area (Å²) in [5.74, 6) is 0. The van der Waals surface area contributed by atoms with Crippen LogP contribution in [0.3, 0.4) is 0 Å². The highest BCUT2D eigenvalue weighted by molar-refractivity contribution is 7.28. The minimum Gasteiger partial charge on any atom is -0.135 e. The predicted molar refractivity (Wildman–Crippen MR) is 276 cm³/mol. The zero-order valence-electron chi connectivity index (χ0n) is 34.8. The molecule has 0 unspecified atom stereocenters. The highest BCUT2D eigenvalue weighted by Gasteiger charge is 2.36. The van der Waals surface area contributed by atoms with Crippen molar-refractivity contribution in [2.45, 2.75) is 19.3 Å². The maximum atomic E-state index is 2.51. The van der Waals surface area contributed by atoms with Crippen LogP contribution in [0.2, 0.25) is 0 Å². The number of fused-ring (bicyclic) bond motifs is 14. The Bertz CT molecular complexity index is 4060. The maximum absolute atomic E-state index is 2.51.